The van der Waals surface area contributed by atoms with Crippen molar-refractivity contribution in [1.82, 2.24) is 15.5 Å². The van der Waals surface area contributed by atoms with E-state index < -0.39 is 0 Å². The number of ether oxygens (including phenoxy) is 1. The second kappa shape index (κ2) is 8.21. The second-order valence-electron chi connectivity index (χ2n) is 5.02. The fraction of sp³-hybridized carbons (Fsp3) is 0.846. The number of nitrogens with one attached hydrogen (secondary N) is 1. The highest BCUT2D eigenvalue weighted by atomic mass is 16.5. The Hall–Kier alpha value is -0.940. The van der Waals surface area contributed by atoms with E-state index in [2.05, 4.69) is 29.3 Å². The quantitative estimate of drug-likeness (QED) is 0.682. The van der Waals surface area contributed by atoms with E-state index in [1.807, 2.05) is 7.05 Å². The van der Waals surface area contributed by atoms with Gasteiger partial charge in [0.2, 0.25) is 5.89 Å². The lowest BCUT2D eigenvalue weighted by Crippen LogP contribution is -2.29. The van der Waals surface area contributed by atoms with Gasteiger partial charge in [-0.1, -0.05) is 19.0 Å². The van der Waals surface area contributed by atoms with Crippen molar-refractivity contribution < 1.29 is 9.26 Å². The van der Waals surface area contributed by atoms with Gasteiger partial charge in [0, 0.05) is 32.6 Å². The van der Waals surface area contributed by atoms with Gasteiger partial charge in [0.15, 0.2) is 5.82 Å². The fourth-order valence-electron chi connectivity index (χ4n) is 1.93. The molecule has 0 aliphatic carbocycles. The number of hydrogen-bond acceptors (Lipinski definition) is 5. The van der Waals surface area contributed by atoms with E-state index in [0.717, 1.165) is 44.0 Å². The highest BCUT2D eigenvalue weighted by molar-refractivity contribution is 4.90. The molecule has 1 heterocycles. The first-order valence-electron chi connectivity index (χ1n) is 6.63. The molecule has 18 heavy (non-hydrogen) atoms. The van der Waals surface area contributed by atoms with Crippen LogP contribution in [0.5, 0.6) is 0 Å². The van der Waals surface area contributed by atoms with Crippen LogP contribution in [0.25, 0.3) is 0 Å². The Morgan fingerprint density at radius 3 is 2.78 bits per heavy atom. The first-order valence-corrected chi connectivity index (χ1v) is 6.63. The molecule has 0 fully saturated rings. The van der Waals surface area contributed by atoms with Gasteiger partial charge in [-0.05, 0) is 25.8 Å². The van der Waals surface area contributed by atoms with Crippen molar-refractivity contribution in [2.75, 3.05) is 20.8 Å². The minimum absolute atomic E-state index is 0.400. The average Bonchev–Trinajstić information content (AvgIpc) is 2.76. The summed E-state index contributed by atoms with van der Waals surface area (Å²) in [5, 5.41) is 7.28. The summed E-state index contributed by atoms with van der Waals surface area (Å²) < 4.78 is 10.3. The molecule has 1 rings (SSSR count). The predicted molar refractivity (Wildman–Crippen MR) is 70.5 cm³/mol. The lowest BCUT2D eigenvalue weighted by Gasteiger charge is -2.15. The van der Waals surface area contributed by atoms with Crippen LogP contribution in [0.1, 0.15) is 38.4 Å². The van der Waals surface area contributed by atoms with E-state index in [1.54, 1.807) is 7.11 Å². The van der Waals surface area contributed by atoms with Gasteiger partial charge in [0.05, 0.1) is 0 Å². The molecular formula is C13H25N3O2. The van der Waals surface area contributed by atoms with Crippen LogP contribution >= 0.6 is 0 Å². The van der Waals surface area contributed by atoms with Gasteiger partial charge in [-0.2, -0.15) is 4.98 Å². The van der Waals surface area contributed by atoms with Gasteiger partial charge in [0.1, 0.15) is 0 Å². The number of methoxy groups -OCH3 is 1. The third-order valence-electron chi connectivity index (χ3n) is 2.84. The molecule has 1 aromatic heterocycles. The highest BCUT2D eigenvalue weighted by Gasteiger charge is 2.14. The maximum absolute atomic E-state index is 5.27. The number of likely N-dealkylation sites (N-methyl/N-ethyl adjacent to an activating group) is 1. The van der Waals surface area contributed by atoms with E-state index in [1.165, 1.54) is 0 Å². The number of aryl methyl sites for hydroxylation is 1. The summed E-state index contributed by atoms with van der Waals surface area (Å²) in [6.07, 6.45) is 3.65. The molecule has 104 valence electrons. The molecule has 0 bridgehead atoms. The minimum atomic E-state index is 0.400. The van der Waals surface area contributed by atoms with Crippen LogP contribution in [-0.4, -0.2) is 36.9 Å². The zero-order valence-electron chi connectivity index (χ0n) is 11.9. The molecule has 1 aromatic rings. The molecule has 5 nitrogen and oxygen atoms in total. The summed E-state index contributed by atoms with van der Waals surface area (Å²) in [5.74, 6) is 2.16. The Morgan fingerprint density at radius 2 is 2.17 bits per heavy atom. The van der Waals surface area contributed by atoms with Gasteiger partial charge < -0.3 is 14.6 Å². The maximum atomic E-state index is 5.27. The minimum Gasteiger partial charge on any atom is -0.385 e. The Kier molecular flexibility index (Phi) is 6.90. The van der Waals surface area contributed by atoms with Crippen LogP contribution < -0.4 is 5.32 Å². The molecule has 0 amide bonds. The number of rotatable bonds is 9. The topological polar surface area (TPSA) is 60.2 Å². The molecule has 0 saturated carbocycles. The Labute approximate surface area is 109 Å². The van der Waals surface area contributed by atoms with Crippen LogP contribution in [0.3, 0.4) is 0 Å². The highest BCUT2D eigenvalue weighted by Crippen LogP contribution is 2.10. The van der Waals surface area contributed by atoms with Crippen molar-refractivity contribution in [2.24, 2.45) is 5.92 Å². The number of nitrogens with zero attached hydrogens (tertiary/aromatic N) is 2. The number of hydrogen-bond donors (Lipinski definition) is 1. The zero-order chi connectivity index (χ0) is 13.4. The molecule has 5 heteroatoms. The maximum Gasteiger partial charge on any atom is 0.228 e. The van der Waals surface area contributed by atoms with E-state index in [9.17, 15) is 0 Å². The smallest absolute Gasteiger partial charge is 0.228 e. The Bertz CT molecular complexity index is 326. The SMILES string of the molecule is CNC(Cc1nc(CCCOC)no1)CC(C)C. The van der Waals surface area contributed by atoms with Gasteiger partial charge in [-0.25, -0.2) is 0 Å². The lowest BCUT2D eigenvalue weighted by atomic mass is 10.0. The standard InChI is InChI=1S/C13H25N3O2/c1-10(2)8-11(14-3)9-13-15-12(16-18-13)6-5-7-17-4/h10-11,14H,5-9H2,1-4H3. The van der Waals surface area contributed by atoms with Crippen LogP contribution in [0.15, 0.2) is 4.52 Å². The van der Waals surface area contributed by atoms with Crippen molar-refractivity contribution in [1.29, 1.82) is 0 Å². The van der Waals surface area contributed by atoms with Gasteiger partial charge in [-0.15, -0.1) is 0 Å². The molecule has 0 aromatic carbocycles. The van der Waals surface area contributed by atoms with E-state index in [-0.39, 0.29) is 0 Å². The first-order chi connectivity index (χ1) is 8.65. The van der Waals surface area contributed by atoms with E-state index >= 15 is 0 Å². The van der Waals surface area contributed by atoms with Crippen LogP contribution in [0.4, 0.5) is 0 Å². The van der Waals surface area contributed by atoms with Crippen molar-refractivity contribution in [2.45, 2.75) is 45.6 Å². The molecule has 0 spiro atoms. The van der Waals surface area contributed by atoms with Crippen LogP contribution in [-0.2, 0) is 17.6 Å². The lowest BCUT2D eigenvalue weighted by molar-refractivity contribution is 0.194. The molecule has 0 saturated heterocycles. The monoisotopic (exact) mass is 255 g/mol. The summed E-state index contributed by atoms with van der Waals surface area (Å²) in [7, 11) is 3.67. The molecule has 1 unspecified atom stereocenters. The molecule has 0 aliphatic rings. The third kappa shape index (κ3) is 5.60. The molecule has 0 aliphatic heterocycles. The van der Waals surface area contributed by atoms with Crippen molar-refractivity contribution in [3.63, 3.8) is 0 Å². The summed E-state index contributed by atoms with van der Waals surface area (Å²) >= 11 is 0. The first kappa shape index (κ1) is 15.1. The zero-order valence-corrected chi connectivity index (χ0v) is 11.9. The molecule has 0 radical (unpaired) electrons. The van der Waals surface area contributed by atoms with Gasteiger partial charge in [-0.3, -0.25) is 0 Å². The summed E-state index contributed by atoms with van der Waals surface area (Å²) in [6, 6.07) is 0.400. The van der Waals surface area contributed by atoms with Crippen molar-refractivity contribution in [3.8, 4) is 0 Å². The predicted octanol–water partition coefficient (Wildman–Crippen LogP) is 1.83. The van der Waals surface area contributed by atoms with Crippen molar-refractivity contribution in [3.05, 3.63) is 11.7 Å². The fourth-order valence-corrected chi connectivity index (χ4v) is 1.93. The van der Waals surface area contributed by atoms with Crippen LogP contribution in [0, 0.1) is 5.92 Å². The molecule has 1 atom stereocenters. The third-order valence-corrected chi connectivity index (χ3v) is 2.84. The molecular weight excluding hydrogens is 230 g/mol. The largest absolute Gasteiger partial charge is 0.385 e. The van der Waals surface area contributed by atoms with E-state index in [4.69, 9.17) is 9.26 Å². The van der Waals surface area contributed by atoms with Gasteiger partial charge in [0.25, 0.3) is 0 Å². The Balaban J connectivity index is 2.41. The summed E-state index contributed by atoms with van der Waals surface area (Å²) in [5.41, 5.74) is 0. The average molecular weight is 255 g/mol. The number of aromatic nitrogens is 2. The van der Waals surface area contributed by atoms with Gasteiger partial charge >= 0.3 is 0 Å². The summed E-state index contributed by atoms with van der Waals surface area (Å²) in [4.78, 5) is 4.40. The van der Waals surface area contributed by atoms with E-state index in [0.29, 0.717) is 12.0 Å². The summed E-state index contributed by atoms with van der Waals surface area (Å²) in [6.45, 7) is 5.17. The Morgan fingerprint density at radius 1 is 1.39 bits per heavy atom. The molecule has 1 N–H and O–H groups in total. The van der Waals surface area contributed by atoms with Crippen molar-refractivity contribution >= 4 is 0 Å². The second-order valence-corrected chi connectivity index (χ2v) is 5.02. The van der Waals surface area contributed by atoms with Crippen LogP contribution in [0.2, 0.25) is 0 Å². The normalized spacial score (nSPS) is 13.2.